The lowest BCUT2D eigenvalue weighted by Gasteiger charge is -2.08. The van der Waals surface area contributed by atoms with E-state index in [1.54, 1.807) is 0 Å². The van der Waals surface area contributed by atoms with Gasteiger partial charge in [-0.2, -0.15) is 0 Å². The van der Waals surface area contributed by atoms with Crippen molar-refractivity contribution in [1.29, 1.82) is 0 Å². The molecular weight excluding hydrogens is 166 g/mol. The molecular formula is C10H11NS. The van der Waals surface area contributed by atoms with Gasteiger partial charge < -0.3 is 0 Å². The van der Waals surface area contributed by atoms with Crippen molar-refractivity contribution in [2.75, 3.05) is 0 Å². The molecule has 2 heteroatoms. The lowest BCUT2D eigenvalue weighted by Crippen LogP contribution is -1.95. The van der Waals surface area contributed by atoms with Crippen LogP contribution in [0.3, 0.4) is 0 Å². The minimum atomic E-state index is 0.571. The number of thiophene rings is 1. The van der Waals surface area contributed by atoms with Crippen LogP contribution >= 0.6 is 11.3 Å². The highest BCUT2D eigenvalue weighted by atomic mass is 32.1. The van der Waals surface area contributed by atoms with Crippen molar-refractivity contribution in [1.82, 2.24) is 0 Å². The molecule has 0 radical (unpaired) electrons. The average molecular weight is 177 g/mol. The molecule has 1 atom stereocenters. The van der Waals surface area contributed by atoms with Gasteiger partial charge in [0.2, 0.25) is 0 Å². The van der Waals surface area contributed by atoms with Gasteiger partial charge in [-0.05, 0) is 25.5 Å². The minimum absolute atomic E-state index is 0.571. The predicted octanol–water partition coefficient (Wildman–Crippen LogP) is 3.13. The lowest BCUT2D eigenvalue weighted by molar-refractivity contribution is 0.909. The Labute approximate surface area is 76.5 Å². The highest BCUT2D eigenvalue weighted by Gasteiger charge is 2.10. The third-order valence-electron chi connectivity index (χ3n) is 2.00. The lowest BCUT2D eigenvalue weighted by atomic mass is 10.0. The summed E-state index contributed by atoms with van der Waals surface area (Å²) in [6.07, 6.45) is 7.10. The van der Waals surface area contributed by atoms with Gasteiger partial charge in [-0.15, -0.1) is 11.3 Å². The van der Waals surface area contributed by atoms with Crippen LogP contribution in [0.25, 0.3) is 0 Å². The zero-order valence-corrected chi connectivity index (χ0v) is 7.84. The second kappa shape index (κ2) is 3.23. The summed E-state index contributed by atoms with van der Waals surface area (Å²) in [5.41, 5.74) is 0. The number of allylic oxidation sites excluding steroid dienone is 1. The van der Waals surface area contributed by atoms with Crippen molar-refractivity contribution in [3.8, 4) is 0 Å². The standard InChI is InChI=1S/C10H11NS/c1-8-2-3-10(12-8)9-4-6-11-7-5-9/h2-4,6-7,9H,5H2,1H3. The maximum atomic E-state index is 4.06. The molecule has 0 N–H and O–H groups in total. The topological polar surface area (TPSA) is 12.4 Å². The van der Waals surface area contributed by atoms with E-state index in [1.807, 2.05) is 23.8 Å². The van der Waals surface area contributed by atoms with E-state index >= 15 is 0 Å². The Kier molecular flexibility index (Phi) is 2.09. The first-order valence-electron chi connectivity index (χ1n) is 4.11. The van der Waals surface area contributed by atoms with Crippen LogP contribution in [-0.2, 0) is 0 Å². The summed E-state index contributed by atoms with van der Waals surface area (Å²) in [5, 5.41) is 0. The molecule has 1 nitrogen and oxygen atoms in total. The van der Waals surface area contributed by atoms with E-state index in [4.69, 9.17) is 0 Å². The van der Waals surface area contributed by atoms with E-state index in [0.717, 1.165) is 6.42 Å². The van der Waals surface area contributed by atoms with Crippen molar-refractivity contribution in [3.63, 3.8) is 0 Å². The Morgan fingerprint density at radius 1 is 1.50 bits per heavy atom. The van der Waals surface area contributed by atoms with Gasteiger partial charge in [-0.1, -0.05) is 6.08 Å². The van der Waals surface area contributed by atoms with Crippen molar-refractivity contribution in [2.24, 2.45) is 4.99 Å². The Hall–Kier alpha value is -0.890. The van der Waals surface area contributed by atoms with Crippen LogP contribution in [0.5, 0.6) is 0 Å². The van der Waals surface area contributed by atoms with Crippen molar-refractivity contribution in [2.45, 2.75) is 19.3 Å². The average Bonchev–Trinajstić information content (AvgIpc) is 2.54. The maximum absolute atomic E-state index is 4.06. The smallest absolute Gasteiger partial charge is 0.0230 e. The molecule has 12 heavy (non-hydrogen) atoms. The Morgan fingerprint density at radius 2 is 2.42 bits per heavy atom. The van der Waals surface area contributed by atoms with Crippen LogP contribution < -0.4 is 0 Å². The SMILES string of the molecule is Cc1ccc(C2C=CN=CC2)s1. The van der Waals surface area contributed by atoms with E-state index in [1.165, 1.54) is 9.75 Å². The van der Waals surface area contributed by atoms with Gasteiger partial charge in [0.25, 0.3) is 0 Å². The molecule has 1 aromatic heterocycles. The molecule has 0 aromatic carbocycles. The quantitative estimate of drug-likeness (QED) is 0.625. The highest BCUT2D eigenvalue weighted by Crippen LogP contribution is 2.28. The zero-order chi connectivity index (χ0) is 8.39. The third-order valence-corrected chi connectivity index (χ3v) is 3.13. The second-order valence-corrected chi connectivity index (χ2v) is 4.28. The van der Waals surface area contributed by atoms with Crippen LogP contribution in [0.2, 0.25) is 0 Å². The predicted molar refractivity (Wildman–Crippen MR) is 54.0 cm³/mol. The normalized spacial score (nSPS) is 21.6. The number of hydrogen-bond donors (Lipinski definition) is 0. The van der Waals surface area contributed by atoms with E-state index < -0.39 is 0 Å². The molecule has 62 valence electrons. The van der Waals surface area contributed by atoms with Crippen molar-refractivity contribution < 1.29 is 0 Å². The van der Waals surface area contributed by atoms with Crippen molar-refractivity contribution in [3.05, 3.63) is 34.2 Å². The molecule has 1 aromatic rings. The van der Waals surface area contributed by atoms with E-state index in [0.29, 0.717) is 5.92 Å². The van der Waals surface area contributed by atoms with Gasteiger partial charge in [-0.25, -0.2) is 0 Å². The Morgan fingerprint density at radius 3 is 3.00 bits per heavy atom. The fourth-order valence-electron chi connectivity index (χ4n) is 1.33. The number of rotatable bonds is 1. The number of nitrogens with zero attached hydrogens (tertiary/aromatic N) is 1. The second-order valence-electron chi connectivity index (χ2n) is 2.96. The molecule has 1 aliphatic heterocycles. The number of aryl methyl sites for hydroxylation is 1. The molecule has 1 unspecified atom stereocenters. The summed E-state index contributed by atoms with van der Waals surface area (Å²) in [7, 11) is 0. The summed E-state index contributed by atoms with van der Waals surface area (Å²) in [5.74, 6) is 0.571. The molecule has 0 aliphatic carbocycles. The van der Waals surface area contributed by atoms with E-state index in [9.17, 15) is 0 Å². The summed E-state index contributed by atoms with van der Waals surface area (Å²) in [6, 6.07) is 4.40. The first-order valence-corrected chi connectivity index (χ1v) is 4.92. The van der Waals surface area contributed by atoms with Gasteiger partial charge in [0, 0.05) is 28.1 Å². The minimum Gasteiger partial charge on any atom is -0.269 e. The van der Waals surface area contributed by atoms with Gasteiger partial charge >= 0.3 is 0 Å². The largest absolute Gasteiger partial charge is 0.269 e. The maximum Gasteiger partial charge on any atom is 0.0230 e. The monoisotopic (exact) mass is 177 g/mol. The van der Waals surface area contributed by atoms with Gasteiger partial charge in [-0.3, -0.25) is 4.99 Å². The van der Waals surface area contributed by atoms with Crippen LogP contribution in [0.4, 0.5) is 0 Å². The number of aliphatic imine (C=N–C) groups is 1. The molecule has 0 saturated carbocycles. The van der Waals surface area contributed by atoms with E-state index in [-0.39, 0.29) is 0 Å². The first kappa shape index (κ1) is 7.74. The Bertz CT molecular complexity index is 322. The third kappa shape index (κ3) is 1.48. The molecule has 1 aliphatic rings. The summed E-state index contributed by atoms with van der Waals surface area (Å²) in [4.78, 5) is 6.90. The molecule has 2 heterocycles. The van der Waals surface area contributed by atoms with Crippen LogP contribution in [0.1, 0.15) is 22.1 Å². The fourth-order valence-corrected chi connectivity index (χ4v) is 2.30. The molecule has 2 rings (SSSR count). The Balaban J connectivity index is 2.20. The van der Waals surface area contributed by atoms with Gasteiger partial charge in [0.1, 0.15) is 0 Å². The summed E-state index contributed by atoms with van der Waals surface area (Å²) in [6.45, 7) is 2.15. The summed E-state index contributed by atoms with van der Waals surface area (Å²) >= 11 is 1.88. The number of hydrogen-bond acceptors (Lipinski definition) is 2. The van der Waals surface area contributed by atoms with E-state index in [2.05, 4.69) is 30.1 Å². The highest BCUT2D eigenvalue weighted by molar-refractivity contribution is 7.12. The van der Waals surface area contributed by atoms with Crippen LogP contribution in [0, 0.1) is 6.92 Å². The first-order chi connectivity index (χ1) is 5.86. The molecule has 0 spiro atoms. The fraction of sp³-hybridized carbons (Fsp3) is 0.300. The van der Waals surface area contributed by atoms with Gasteiger partial charge in [0.15, 0.2) is 0 Å². The molecule has 0 bridgehead atoms. The van der Waals surface area contributed by atoms with Crippen LogP contribution in [0.15, 0.2) is 29.4 Å². The summed E-state index contributed by atoms with van der Waals surface area (Å²) < 4.78 is 0. The van der Waals surface area contributed by atoms with Crippen LogP contribution in [-0.4, -0.2) is 6.21 Å². The zero-order valence-electron chi connectivity index (χ0n) is 7.03. The molecule has 0 fully saturated rings. The molecule has 0 amide bonds. The molecule has 0 saturated heterocycles. The van der Waals surface area contributed by atoms with Gasteiger partial charge in [0.05, 0.1) is 0 Å². The van der Waals surface area contributed by atoms with Crippen molar-refractivity contribution >= 4 is 17.6 Å².